The molecule has 0 aromatic rings. The van der Waals surface area contributed by atoms with Gasteiger partial charge in [-0.15, -0.1) is 0 Å². The first-order chi connectivity index (χ1) is 18.3. The summed E-state index contributed by atoms with van der Waals surface area (Å²) in [6, 6.07) is 0. The zero-order valence-electron chi connectivity index (χ0n) is 24.2. The van der Waals surface area contributed by atoms with Crippen molar-refractivity contribution >= 4 is 12.6 Å². The topological polar surface area (TPSA) is 61.8 Å². The van der Waals surface area contributed by atoms with E-state index in [1.807, 2.05) is 12.2 Å². The highest BCUT2D eigenvalue weighted by Gasteiger charge is 2.13. The first kappa shape index (κ1) is 35.7. The molecule has 0 aromatic carbocycles. The van der Waals surface area contributed by atoms with Crippen LogP contribution in [0.1, 0.15) is 142 Å². The minimum absolute atomic E-state index is 0.427. The summed E-state index contributed by atoms with van der Waals surface area (Å²) in [7, 11) is 0. The van der Waals surface area contributed by atoms with E-state index in [0.29, 0.717) is 26.1 Å². The van der Waals surface area contributed by atoms with Crippen LogP contribution in [0.3, 0.4) is 0 Å². The van der Waals surface area contributed by atoms with Crippen LogP contribution in [0.2, 0.25) is 0 Å². The quantitative estimate of drug-likeness (QED) is 0.0407. The molecule has 2 unspecified atom stereocenters. The van der Waals surface area contributed by atoms with Crippen molar-refractivity contribution in [3.63, 3.8) is 0 Å². The highest BCUT2D eigenvalue weighted by molar-refractivity contribution is 5.49. The largest absolute Gasteiger partial charge is 0.349 e. The number of ether oxygens (including phenoxy) is 3. The van der Waals surface area contributed by atoms with Crippen molar-refractivity contribution in [3.05, 3.63) is 24.3 Å². The summed E-state index contributed by atoms with van der Waals surface area (Å²) in [4.78, 5) is 21.0. The van der Waals surface area contributed by atoms with Crippen molar-refractivity contribution in [2.24, 2.45) is 0 Å². The van der Waals surface area contributed by atoms with E-state index >= 15 is 0 Å². The van der Waals surface area contributed by atoms with E-state index in [-0.39, 0.29) is 0 Å². The van der Waals surface area contributed by atoms with Crippen LogP contribution >= 0.6 is 0 Å². The molecule has 0 aliphatic rings. The Labute approximate surface area is 228 Å². The van der Waals surface area contributed by atoms with Gasteiger partial charge in [-0.2, -0.15) is 0 Å². The Morgan fingerprint density at radius 2 is 0.865 bits per heavy atom. The fraction of sp³-hybridized carbons (Fsp3) is 0.812. The molecule has 0 fully saturated rings. The third-order valence-corrected chi connectivity index (χ3v) is 6.30. The molecule has 5 heteroatoms. The lowest BCUT2D eigenvalue weighted by Gasteiger charge is -2.22. The van der Waals surface area contributed by atoms with Crippen LogP contribution in [0.25, 0.3) is 0 Å². The van der Waals surface area contributed by atoms with Gasteiger partial charge in [0.15, 0.2) is 12.6 Å². The Hall–Kier alpha value is -1.30. The molecule has 0 saturated heterocycles. The molecule has 0 radical (unpaired) electrons. The highest BCUT2D eigenvalue weighted by atomic mass is 16.8. The zero-order chi connectivity index (χ0) is 27.1. The van der Waals surface area contributed by atoms with Crippen LogP contribution in [-0.4, -0.2) is 38.4 Å². The Balaban J connectivity index is 4.83. The molecule has 37 heavy (non-hydrogen) atoms. The minimum Gasteiger partial charge on any atom is -0.349 e. The maximum absolute atomic E-state index is 10.5. The molecule has 0 saturated carbocycles. The van der Waals surface area contributed by atoms with E-state index < -0.39 is 12.6 Å². The summed E-state index contributed by atoms with van der Waals surface area (Å²) in [6.07, 6.45) is 30.8. The fourth-order valence-electron chi connectivity index (χ4n) is 3.97. The zero-order valence-corrected chi connectivity index (χ0v) is 24.2. The Morgan fingerprint density at radius 1 is 0.486 bits per heavy atom. The van der Waals surface area contributed by atoms with Gasteiger partial charge < -0.3 is 23.8 Å². The fourth-order valence-corrected chi connectivity index (χ4v) is 3.97. The molecule has 0 bridgehead atoms. The molecule has 0 rings (SSSR count). The maximum Gasteiger partial charge on any atom is 0.180 e. The maximum atomic E-state index is 10.5. The summed E-state index contributed by atoms with van der Waals surface area (Å²) in [5.74, 6) is 0. The lowest BCUT2D eigenvalue weighted by atomic mass is 10.1. The average Bonchev–Trinajstić information content (AvgIpc) is 2.91. The van der Waals surface area contributed by atoms with Gasteiger partial charge in [0.25, 0.3) is 0 Å². The van der Waals surface area contributed by atoms with Gasteiger partial charge in [-0.05, 0) is 63.5 Å². The van der Waals surface area contributed by atoms with E-state index in [2.05, 4.69) is 26.0 Å². The predicted molar refractivity (Wildman–Crippen MR) is 155 cm³/mol. The number of aldehydes is 2. The average molecular weight is 523 g/mol. The third-order valence-electron chi connectivity index (χ3n) is 6.30. The van der Waals surface area contributed by atoms with Crippen molar-refractivity contribution in [1.82, 2.24) is 0 Å². The molecule has 2 atom stereocenters. The highest BCUT2D eigenvalue weighted by Crippen LogP contribution is 2.13. The molecule has 216 valence electrons. The Bertz CT molecular complexity index is 485. The minimum atomic E-state index is -0.427. The summed E-state index contributed by atoms with van der Waals surface area (Å²) in [5, 5.41) is 0. The second-order valence-corrected chi connectivity index (χ2v) is 9.91. The molecule has 0 aliphatic carbocycles. The number of hydrogen-bond acceptors (Lipinski definition) is 5. The molecule has 0 heterocycles. The van der Waals surface area contributed by atoms with Crippen LogP contribution in [0, 0.1) is 0 Å². The Morgan fingerprint density at radius 3 is 1.27 bits per heavy atom. The van der Waals surface area contributed by atoms with Crippen molar-refractivity contribution in [2.75, 3.05) is 13.2 Å². The number of unbranched alkanes of at least 4 members (excludes halogenated alkanes) is 16. The third kappa shape index (κ3) is 27.5. The SMILES string of the molecule is CCCCCCCOC(C=CCCCCCC=O)OC(C=CCCCCCC=O)OCCCCCCC. The van der Waals surface area contributed by atoms with Gasteiger partial charge in [0.2, 0.25) is 0 Å². The number of allylic oxidation sites excluding steroid dienone is 2. The monoisotopic (exact) mass is 522 g/mol. The van der Waals surface area contributed by atoms with Crippen LogP contribution in [0.5, 0.6) is 0 Å². The molecule has 0 N–H and O–H groups in total. The summed E-state index contributed by atoms with van der Waals surface area (Å²) in [6.45, 7) is 5.82. The standard InChI is InChI=1S/C32H58O5/c1-3-5-7-17-23-29-35-31(25-19-13-9-11-15-21-27-33)37-32(36-30-24-18-8-6-4-2)26-20-14-10-12-16-22-28-34/h19-20,25-28,31-32H,3-18,21-24,29-30H2,1-2H3. The van der Waals surface area contributed by atoms with Crippen LogP contribution < -0.4 is 0 Å². The molecular formula is C32H58O5. The molecule has 0 aromatic heterocycles. The van der Waals surface area contributed by atoms with Gasteiger partial charge in [0.05, 0.1) is 13.2 Å². The van der Waals surface area contributed by atoms with Gasteiger partial charge in [0.1, 0.15) is 12.6 Å². The lowest BCUT2D eigenvalue weighted by molar-refractivity contribution is -0.208. The number of rotatable bonds is 30. The first-order valence-electron chi connectivity index (χ1n) is 15.4. The van der Waals surface area contributed by atoms with Gasteiger partial charge in [0, 0.05) is 12.8 Å². The lowest BCUT2D eigenvalue weighted by Crippen LogP contribution is -2.25. The van der Waals surface area contributed by atoms with Gasteiger partial charge in [-0.25, -0.2) is 0 Å². The smallest absolute Gasteiger partial charge is 0.180 e. The normalized spacial score (nSPS) is 13.5. The van der Waals surface area contributed by atoms with E-state index in [1.54, 1.807) is 0 Å². The predicted octanol–water partition coefficient (Wildman–Crippen LogP) is 9.04. The van der Waals surface area contributed by atoms with Gasteiger partial charge in [-0.3, -0.25) is 0 Å². The molecule has 0 spiro atoms. The first-order valence-corrected chi connectivity index (χ1v) is 15.4. The van der Waals surface area contributed by atoms with E-state index in [1.165, 1.54) is 51.4 Å². The van der Waals surface area contributed by atoms with E-state index in [0.717, 1.165) is 76.8 Å². The van der Waals surface area contributed by atoms with Crippen molar-refractivity contribution in [3.8, 4) is 0 Å². The van der Waals surface area contributed by atoms with E-state index in [4.69, 9.17) is 14.2 Å². The van der Waals surface area contributed by atoms with Crippen LogP contribution in [0.15, 0.2) is 24.3 Å². The van der Waals surface area contributed by atoms with Gasteiger partial charge in [-0.1, -0.05) is 90.2 Å². The van der Waals surface area contributed by atoms with Crippen molar-refractivity contribution in [1.29, 1.82) is 0 Å². The Kier molecular flexibility index (Phi) is 29.8. The molecule has 0 aliphatic heterocycles. The summed E-state index contributed by atoms with van der Waals surface area (Å²) >= 11 is 0. The van der Waals surface area contributed by atoms with Crippen molar-refractivity contribution in [2.45, 2.75) is 155 Å². The van der Waals surface area contributed by atoms with Crippen LogP contribution in [-0.2, 0) is 23.8 Å². The van der Waals surface area contributed by atoms with Crippen molar-refractivity contribution < 1.29 is 23.8 Å². The number of carbonyl (C=O) groups excluding carboxylic acids is 2. The molecule has 0 amide bonds. The second kappa shape index (κ2) is 30.9. The van der Waals surface area contributed by atoms with Gasteiger partial charge >= 0.3 is 0 Å². The molecular weight excluding hydrogens is 464 g/mol. The number of carbonyl (C=O) groups is 2. The second-order valence-electron chi connectivity index (χ2n) is 9.91. The summed E-state index contributed by atoms with van der Waals surface area (Å²) in [5.41, 5.74) is 0. The van der Waals surface area contributed by atoms with E-state index in [9.17, 15) is 9.59 Å². The van der Waals surface area contributed by atoms with Crippen LogP contribution in [0.4, 0.5) is 0 Å². The molecule has 5 nitrogen and oxygen atoms in total. The summed E-state index contributed by atoms with van der Waals surface area (Å²) < 4.78 is 18.5. The number of hydrogen-bond donors (Lipinski definition) is 0.